The molecule has 1 unspecified atom stereocenters. The van der Waals surface area contributed by atoms with E-state index in [9.17, 15) is 14.7 Å². The highest BCUT2D eigenvalue weighted by Crippen LogP contribution is 2.15. The molecule has 2 rings (SSSR count). The Labute approximate surface area is 215 Å². The summed E-state index contributed by atoms with van der Waals surface area (Å²) in [5.74, 6) is -0.301. The van der Waals surface area contributed by atoms with Gasteiger partial charge in [-0.25, -0.2) is 9.59 Å². The number of unbranched alkanes of at least 4 members (excludes halogenated alkanes) is 4. The minimum absolute atomic E-state index is 0.296. The van der Waals surface area contributed by atoms with E-state index in [2.05, 4.69) is 6.92 Å². The number of benzene rings is 2. The first-order chi connectivity index (χ1) is 17.5. The van der Waals surface area contributed by atoms with Gasteiger partial charge in [-0.2, -0.15) is 0 Å². The van der Waals surface area contributed by atoms with Crippen LogP contribution in [0, 0.1) is 0 Å². The molecule has 7 nitrogen and oxygen atoms in total. The molecule has 1 atom stereocenters. The van der Waals surface area contributed by atoms with Crippen molar-refractivity contribution in [3.05, 3.63) is 65.7 Å². The summed E-state index contributed by atoms with van der Waals surface area (Å²) in [6.07, 6.45) is 5.39. The Kier molecular flexibility index (Phi) is 14.1. The van der Waals surface area contributed by atoms with Crippen LogP contribution < -0.4 is 4.74 Å². The first-order valence-electron chi connectivity index (χ1n) is 13.0. The van der Waals surface area contributed by atoms with Crippen LogP contribution in [0.4, 0.5) is 4.79 Å². The molecule has 1 amide bonds. The van der Waals surface area contributed by atoms with E-state index >= 15 is 0 Å². The normalized spacial score (nSPS) is 11.6. The molecule has 0 heterocycles. The summed E-state index contributed by atoms with van der Waals surface area (Å²) in [5.41, 5.74) is 2.00. The number of amides is 1. The number of carboxylic acids is 1. The topological polar surface area (TPSA) is 85.3 Å². The van der Waals surface area contributed by atoms with Crippen LogP contribution in [-0.4, -0.2) is 61.1 Å². The smallest absolute Gasteiger partial charge is 0.409 e. The van der Waals surface area contributed by atoms with Crippen molar-refractivity contribution in [3.8, 4) is 5.75 Å². The fourth-order valence-electron chi connectivity index (χ4n) is 3.82. The maximum absolute atomic E-state index is 12.7. The first kappa shape index (κ1) is 29.2. The quantitative estimate of drug-likeness (QED) is 0.263. The van der Waals surface area contributed by atoms with Gasteiger partial charge in [-0.1, -0.05) is 75.1 Å². The molecule has 0 aliphatic heterocycles. The van der Waals surface area contributed by atoms with Gasteiger partial charge in [0.15, 0.2) is 6.10 Å². The third-order valence-corrected chi connectivity index (χ3v) is 5.87. The van der Waals surface area contributed by atoms with Gasteiger partial charge in [-0.05, 0) is 36.6 Å². The molecule has 7 heteroatoms. The molecule has 36 heavy (non-hydrogen) atoms. The summed E-state index contributed by atoms with van der Waals surface area (Å²) in [4.78, 5) is 25.8. The fraction of sp³-hybridized carbons (Fsp3) is 0.517. The van der Waals surface area contributed by atoms with Gasteiger partial charge in [0, 0.05) is 26.0 Å². The Morgan fingerprint density at radius 3 is 2.25 bits per heavy atom. The summed E-state index contributed by atoms with van der Waals surface area (Å²) >= 11 is 0. The minimum Gasteiger partial charge on any atom is -0.492 e. The molecule has 0 fully saturated rings. The van der Waals surface area contributed by atoms with Crippen molar-refractivity contribution in [3.63, 3.8) is 0 Å². The van der Waals surface area contributed by atoms with Crippen LogP contribution >= 0.6 is 0 Å². The largest absolute Gasteiger partial charge is 0.492 e. The Hall–Kier alpha value is -3.06. The molecule has 0 aromatic heterocycles. The van der Waals surface area contributed by atoms with E-state index in [0.29, 0.717) is 51.5 Å². The summed E-state index contributed by atoms with van der Waals surface area (Å²) in [6.45, 7) is 6.08. The van der Waals surface area contributed by atoms with E-state index in [4.69, 9.17) is 14.2 Å². The second-order valence-corrected chi connectivity index (χ2v) is 8.73. The average molecular weight is 500 g/mol. The number of carboxylic acid groups (broad SMARTS) is 1. The highest BCUT2D eigenvalue weighted by atomic mass is 16.6. The fourth-order valence-corrected chi connectivity index (χ4v) is 3.82. The van der Waals surface area contributed by atoms with E-state index in [1.807, 2.05) is 54.6 Å². The Balaban J connectivity index is 1.83. The molecule has 2 aromatic rings. The van der Waals surface area contributed by atoms with E-state index in [1.165, 1.54) is 19.3 Å². The second-order valence-electron chi connectivity index (χ2n) is 8.73. The van der Waals surface area contributed by atoms with Gasteiger partial charge in [0.2, 0.25) is 0 Å². The van der Waals surface area contributed by atoms with Crippen molar-refractivity contribution in [2.45, 2.75) is 64.9 Å². The molecule has 198 valence electrons. The maximum Gasteiger partial charge on any atom is 0.409 e. The van der Waals surface area contributed by atoms with Crippen molar-refractivity contribution in [1.82, 2.24) is 4.90 Å². The van der Waals surface area contributed by atoms with Crippen LogP contribution in [0.15, 0.2) is 54.6 Å². The van der Waals surface area contributed by atoms with Gasteiger partial charge in [0.1, 0.15) is 12.4 Å². The van der Waals surface area contributed by atoms with E-state index in [-0.39, 0.29) is 6.09 Å². The highest BCUT2D eigenvalue weighted by molar-refractivity contribution is 5.72. The summed E-state index contributed by atoms with van der Waals surface area (Å²) in [5, 5.41) is 9.26. The third kappa shape index (κ3) is 11.6. The predicted molar refractivity (Wildman–Crippen MR) is 141 cm³/mol. The molecule has 0 aliphatic rings. The number of hydrogen-bond acceptors (Lipinski definition) is 5. The lowest BCUT2D eigenvalue weighted by Crippen LogP contribution is -2.36. The monoisotopic (exact) mass is 499 g/mol. The maximum atomic E-state index is 12.7. The molecular weight excluding hydrogens is 458 g/mol. The van der Waals surface area contributed by atoms with Gasteiger partial charge < -0.3 is 24.2 Å². The summed E-state index contributed by atoms with van der Waals surface area (Å²) in [7, 11) is 0. The van der Waals surface area contributed by atoms with Crippen LogP contribution in [0.5, 0.6) is 5.75 Å². The zero-order valence-electron chi connectivity index (χ0n) is 21.7. The molecule has 0 aliphatic carbocycles. The van der Waals surface area contributed by atoms with Gasteiger partial charge in [0.05, 0.1) is 13.2 Å². The molecule has 0 radical (unpaired) electrons. The average Bonchev–Trinajstić information content (AvgIpc) is 2.88. The number of carbonyl (C=O) groups excluding carboxylic acids is 1. The lowest BCUT2D eigenvalue weighted by atomic mass is 10.1. The van der Waals surface area contributed by atoms with Gasteiger partial charge in [-0.15, -0.1) is 0 Å². The third-order valence-electron chi connectivity index (χ3n) is 5.87. The van der Waals surface area contributed by atoms with Gasteiger partial charge in [0.25, 0.3) is 0 Å². The Morgan fingerprint density at radius 1 is 0.861 bits per heavy atom. The van der Waals surface area contributed by atoms with Gasteiger partial charge in [-0.3, -0.25) is 0 Å². The summed E-state index contributed by atoms with van der Waals surface area (Å²) in [6, 6.07) is 17.3. The number of aliphatic carboxylic acids is 1. The highest BCUT2D eigenvalue weighted by Gasteiger charge is 2.18. The molecule has 2 aromatic carbocycles. The van der Waals surface area contributed by atoms with Crippen molar-refractivity contribution < 1.29 is 28.9 Å². The van der Waals surface area contributed by atoms with E-state index in [1.54, 1.807) is 11.8 Å². The molecule has 0 saturated heterocycles. The van der Waals surface area contributed by atoms with Crippen molar-refractivity contribution in [2.75, 3.05) is 32.9 Å². The molecular formula is C29H41NO6. The van der Waals surface area contributed by atoms with E-state index < -0.39 is 12.1 Å². The standard InChI is InChI=1S/C29H41NO6/c1-3-5-6-7-11-19-30(29(33)36-21-18-24-12-9-8-10-13-24)20-22-35-26-16-14-25(15-17-26)23-27(28(31)32)34-4-2/h8-10,12-17,27H,3-7,11,18-23H2,1-2H3,(H,31,32). The van der Waals surface area contributed by atoms with Gasteiger partial charge >= 0.3 is 12.1 Å². The van der Waals surface area contributed by atoms with Crippen LogP contribution in [0.2, 0.25) is 0 Å². The number of ether oxygens (including phenoxy) is 3. The number of rotatable bonds is 18. The SMILES string of the molecule is CCCCCCCN(CCOc1ccc(CC(OCC)C(=O)O)cc1)C(=O)OCCc1ccccc1. The molecule has 0 bridgehead atoms. The van der Waals surface area contributed by atoms with Crippen LogP contribution in [-0.2, 0) is 27.1 Å². The van der Waals surface area contributed by atoms with Crippen LogP contribution in [0.1, 0.15) is 57.1 Å². The lowest BCUT2D eigenvalue weighted by molar-refractivity contribution is -0.149. The Morgan fingerprint density at radius 2 is 1.58 bits per heavy atom. The zero-order valence-corrected chi connectivity index (χ0v) is 21.7. The van der Waals surface area contributed by atoms with Crippen molar-refractivity contribution >= 4 is 12.1 Å². The van der Waals surface area contributed by atoms with Crippen LogP contribution in [0.25, 0.3) is 0 Å². The van der Waals surface area contributed by atoms with Crippen molar-refractivity contribution in [1.29, 1.82) is 0 Å². The lowest BCUT2D eigenvalue weighted by Gasteiger charge is -2.22. The van der Waals surface area contributed by atoms with E-state index in [0.717, 1.165) is 24.0 Å². The summed E-state index contributed by atoms with van der Waals surface area (Å²) < 4.78 is 16.7. The molecule has 0 spiro atoms. The van der Waals surface area contributed by atoms with Crippen molar-refractivity contribution in [2.24, 2.45) is 0 Å². The molecule has 0 saturated carbocycles. The second kappa shape index (κ2) is 17.4. The number of hydrogen-bond donors (Lipinski definition) is 1. The number of nitrogens with zero attached hydrogens (tertiary/aromatic N) is 1. The minimum atomic E-state index is -0.970. The predicted octanol–water partition coefficient (Wildman–Crippen LogP) is 5.75. The number of carbonyl (C=O) groups is 2. The van der Waals surface area contributed by atoms with Crippen LogP contribution in [0.3, 0.4) is 0 Å². The first-order valence-corrected chi connectivity index (χ1v) is 13.0. The zero-order chi connectivity index (χ0) is 26.0. The Bertz CT molecular complexity index is 871. The molecule has 1 N–H and O–H groups in total.